The van der Waals surface area contributed by atoms with Gasteiger partial charge in [-0.15, -0.1) is 0 Å². The predicted molar refractivity (Wildman–Crippen MR) is 56.5 cm³/mol. The molecule has 0 aromatic carbocycles. The highest BCUT2D eigenvalue weighted by Crippen LogP contribution is 1.95. The normalized spacial score (nSPS) is 12.4. The molecule has 14 heavy (non-hydrogen) atoms. The van der Waals surface area contributed by atoms with Gasteiger partial charge in [-0.25, -0.2) is 0 Å². The second-order valence-electron chi connectivity index (χ2n) is 2.98. The van der Waals surface area contributed by atoms with Gasteiger partial charge in [-0.3, -0.25) is 13.8 Å². The molecule has 1 atom stereocenters. The van der Waals surface area contributed by atoms with E-state index in [0.717, 1.165) is 0 Å². The van der Waals surface area contributed by atoms with E-state index < -0.39 is 10.8 Å². The third-order valence-electron chi connectivity index (χ3n) is 1.84. The summed E-state index contributed by atoms with van der Waals surface area (Å²) in [6.07, 6.45) is 1.09. The number of hydrogen-bond donors (Lipinski definition) is 1. The Morgan fingerprint density at radius 2 is 1.64 bits per heavy atom. The van der Waals surface area contributed by atoms with Gasteiger partial charge in [-0.2, -0.15) is 0 Å². The molecule has 0 aromatic heterocycles. The Kier molecular flexibility index (Phi) is 7.51. The lowest BCUT2D eigenvalue weighted by molar-refractivity contribution is -0.118. The van der Waals surface area contributed by atoms with Crippen LogP contribution in [-0.4, -0.2) is 33.8 Å². The Bertz CT molecular complexity index is 206. The van der Waals surface area contributed by atoms with Gasteiger partial charge in [0, 0.05) is 41.6 Å². The van der Waals surface area contributed by atoms with Crippen molar-refractivity contribution in [1.29, 1.82) is 0 Å². The molecular formula is C9H17NO3S. The molecule has 0 aromatic rings. The standard InChI is InChI=1S/C9H17NO3S/c1-2-8(11)3-5-14(13)6-4-9(12)7-10/h2-7,10H2,1H3. The van der Waals surface area contributed by atoms with Crippen molar-refractivity contribution < 1.29 is 13.8 Å². The summed E-state index contributed by atoms with van der Waals surface area (Å²) >= 11 is 0. The van der Waals surface area contributed by atoms with Gasteiger partial charge in [0.1, 0.15) is 11.6 Å². The number of ketones is 2. The van der Waals surface area contributed by atoms with Crippen LogP contribution in [-0.2, 0) is 20.4 Å². The summed E-state index contributed by atoms with van der Waals surface area (Å²) in [7, 11) is -1.06. The first kappa shape index (κ1) is 13.4. The highest BCUT2D eigenvalue weighted by atomic mass is 32.2. The summed E-state index contributed by atoms with van der Waals surface area (Å²) in [6, 6.07) is 0. The fraction of sp³-hybridized carbons (Fsp3) is 0.778. The third-order valence-corrected chi connectivity index (χ3v) is 3.16. The Hall–Kier alpha value is -0.550. The molecule has 0 rings (SSSR count). The highest BCUT2D eigenvalue weighted by Gasteiger charge is 2.06. The van der Waals surface area contributed by atoms with Gasteiger partial charge in [-0.1, -0.05) is 6.92 Å². The molecule has 0 amide bonds. The molecule has 5 heteroatoms. The Morgan fingerprint density at radius 1 is 1.14 bits per heavy atom. The quantitative estimate of drug-likeness (QED) is 0.624. The van der Waals surface area contributed by atoms with Gasteiger partial charge < -0.3 is 5.73 Å². The molecular weight excluding hydrogens is 202 g/mol. The van der Waals surface area contributed by atoms with Crippen molar-refractivity contribution in [3.63, 3.8) is 0 Å². The summed E-state index contributed by atoms with van der Waals surface area (Å²) in [6.45, 7) is 1.79. The molecule has 4 nitrogen and oxygen atoms in total. The molecule has 1 unspecified atom stereocenters. The topological polar surface area (TPSA) is 77.2 Å². The van der Waals surface area contributed by atoms with E-state index in [2.05, 4.69) is 0 Å². The van der Waals surface area contributed by atoms with Gasteiger partial charge in [0.05, 0.1) is 6.54 Å². The maximum atomic E-state index is 11.2. The lowest BCUT2D eigenvalue weighted by Crippen LogP contribution is -2.17. The van der Waals surface area contributed by atoms with E-state index in [1.54, 1.807) is 6.92 Å². The van der Waals surface area contributed by atoms with Crippen LogP contribution in [0.2, 0.25) is 0 Å². The average Bonchev–Trinajstić information content (AvgIpc) is 2.22. The largest absolute Gasteiger partial charge is 0.324 e. The van der Waals surface area contributed by atoms with Crippen LogP contribution in [0.1, 0.15) is 26.2 Å². The van der Waals surface area contributed by atoms with Crippen LogP contribution in [0.4, 0.5) is 0 Å². The fourth-order valence-electron chi connectivity index (χ4n) is 0.836. The van der Waals surface area contributed by atoms with Crippen LogP contribution in [0.3, 0.4) is 0 Å². The minimum Gasteiger partial charge on any atom is -0.324 e. The van der Waals surface area contributed by atoms with Gasteiger partial charge in [-0.05, 0) is 0 Å². The Morgan fingerprint density at radius 3 is 2.07 bits per heavy atom. The Balaban J connectivity index is 3.56. The molecule has 2 N–H and O–H groups in total. The lowest BCUT2D eigenvalue weighted by Gasteiger charge is -1.99. The zero-order valence-corrected chi connectivity index (χ0v) is 9.27. The molecule has 0 fully saturated rings. The molecule has 0 heterocycles. The first-order valence-corrected chi connectivity index (χ1v) is 6.17. The minimum atomic E-state index is -1.06. The van der Waals surface area contributed by atoms with Crippen LogP contribution < -0.4 is 5.73 Å². The second-order valence-corrected chi connectivity index (χ2v) is 4.68. The van der Waals surface area contributed by atoms with Crippen LogP contribution in [0.15, 0.2) is 0 Å². The second kappa shape index (κ2) is 7.82. The molecule has 0 saturated carbocycles. The molecule has 0 aliphatic carbocycles. The van der Waals surface area contributed by atoms with E-state index in [0.29, 0.717) is 24.3 Å². The number of carbonyl (C=O) groups is 2. The first-order chi connectivity index (χ1) is 6.60. The molecule has 0 aliphatic rings. The van der Waals surface area contributed by atoms with Crippen molar-refractivity contribution in [3.8, 4) is 0 Å². The fourth-order valence-corrected chi connectivity index (χ4v) is 1.95. The monoisotopic (exact) mass is 219 g/mol. The molecule has 0 aliphatic heterocycles. The van der Waals surface area contributed by atoms with Crippen molar-refractivity contribution in [2.45, 2.75) is 26.2 Å². The summed E-state index contributed by atoms with van der Waals surface area (Å²) in [4.78, 5) is 21.7. The summed E-state index contributed by atoms with van der Waals surface area (Å²) in [5.74, 6) is 0.723. The van der Waals surface area contributed by atoms with Crippen molar-refractivity contribution in [3.05, 3.63) is 0 Å². The lowest BCUT2D eigenvalue weighted by atomic mass is 10.2. The maximum absolute atomic E-state index is 11.2. The Labute approximate surface area is 86.7 Å². The average molecular weight is 219 g/mol. The van der Waals surface area contributed by atoms with Crippen molar-refractivity contribution >= 4 is 22.4 Å². The number of Topliss-reactive ketones (excluding diaryl/α,β-unsaturated/α-hetero) is 2. The molecule has 0 bridgehead atoms. The van der Waals surface area contributed by atoms with E-state index >= 15 is 0 Å². The SMILES string of the molecule is CCC(=O)CCS(=O)CCC(=O)CN. The van der Waals surface area contributed by atoms with E-state index in [4.69, 9.17) is 5.73 Å². The smallest absolute Gasteiger partial charge is 0.147 e. The number of rotatable bonds is 8. The zero-order chi connectivity index (χ0) is 11.0. The maximum Gasteiger partial charge on any atom is 0.147 e. The molecule has 0 spiro atoms. The number of nitrogens with two attached hydrogens (primary N) is 1. The number of hydrogen-bond acceptors (Lipinski definition) is 4. The van der Waals surface area contributed by atoms with E-state index in [1.807, 2.05) is 0 Å². The number of carbonyl (C=O) groups excluding carboxylic acids is 2. The zero-order valence-electron chi connectivity index (χ0n) is 8.45. The van der Waals surface area contributed by atoms with E-state index in [1.165, 1.54) is 0 Å². The summed E-state index contributed by atoms with van der Waals surface area (Å²) in [5.41, 5.74) is 5.10. The van der Waals surface area contributed by atoms with Crippen LogP contribution in [0.5, 0.6) is 0 Å². The van der Waals surface area contributed by atoms with Gasteiger partial charge >= 0.3 is 0 Å². The van der Waals surface area contributed by atoms with E-state index in [9.17, 15) is 13.8 Å². The minimum absolute atomic E-state index is 0.00505. The molecule has 82 valence electrons. The van der Waals surface area contributed by atoms with Crippen molar-refractivity contribution in [2.75, 3.05) is 18.1 Å². The van der Waals surface area contributed by atoms with Gasteiger partial charge in [0.2, 0.25) is 0 Å². The van der Waals surface area contributed by atoms with Crippen molar-refractivity contribution in [1.82, 2.24) is 0 Å². The molecule has 0 radical (unpaired) electrons. The van der Waals surface area contributed by atoms with Gasteiger partial charge in [0.15, 0.2) is 0 Å². The van der Waals surface area contributed by atoms with Crippen LogP contribution in [0, 0.1) is 0 Å². The van der Waals surface area contributed by atoms with Crippen molar-refractivity contribution in [2.24, 2.45) is 5.73 Å². The highest BCUT2D eigenvalue weighted by molar-refractivity contribution is 7.85. The van der Waals surface area contributed by atoms with Crippen LogP contribution >= 0.6 is 0 Å². The summed E-state index contributed by atoms with van der Waals surface area (Å²) in [5, 5.41) is 0. The third kappa shape index (κ3) is 6.91. The summed E-state index contributed by atoms with van der Waals surface area (Å²) < 4.78 is 11.2. The van der Waals surface area contributed by atoms with Gasteiger partial charge in [0.25, 0.3) is 0 Å². The van der Waals surface area contributed by atoms with E-state index in [-0.39, 0.29) is 24.5 Å². The predicted octanol–water partition coefficient (Wildman–Crippen LogP) is 0.0222. The first-order valence-electron chi connectivity index (χ1n) is 4.68. The molecule has 0 saturated heterocycles. The van der Waals surface area contributed by atoms with Crippen LogP contribution in [0.25, 0.3) is 0 Å².